The summed E-state index contributed by atoms with van der Waals surface area (Å²) in [6, 6.07) is 15.3. The Morgan fingerprint density at radius 3 is 1.61 bits per heavy atom. The van der Waals surface area contributed by atoms with Gasteiger partial charge < -0.3 is 15.0 Å². The molecule has 0 saturated carbocycles. The molecule has 1 aromatic carbocycles. The van der Waals surface area contributed by atoms with Gasteiger partial charge in [-0.15, -0.1) is 12.4 Å². The molecule has 0 unspecified atom stereocenters. The average Bonchev–Trinajstić information content (AvgIpc) is 2.93. The van der Waals surface area contributed by atoms with Gasteiger partial charge in [0.25, 0.3) is 11.8 Å². The van der Waals surface area contributed by atoms with Crippen LogP contribution in [0, 0.1) is 13.8 Å². The van der Waals surface area contributed by atoms with Crippen LogP contribution in [0.1, 0.15) is 49.3 Å². The largest absolute Gasteiger partial charge is 0.497 e. The highest BCUT2D eigenvalue weighted by Gasteiger charge is 2.34. The number of piperidine rings is 2. The van der Waals surface area contributed by atoms with Crippen LogP contribution in [0.5, 0.6) is 5.75 Å². The van der Waals surface area contributed by atoms with Gasteiger partial charge in [0.15, 0.2) is 0 Å². The minimum atomic E-state index is -2.52. The Morgan fingerprint density at radius 1 is 0.773 bits per heavy atom. The van der Waals surface area contributed by atoms with Crippen molar-refractivity contribution in [1.82, 2.24) is 15.3 Å². The smallest absolute Gasteiger partial charge is 0.251 e. The standard InChI is InChI=1S/C11H13ClF2N2.C9H12O.C6H5Cl2N.C5H9F2N.ClH/c1-8-6-9(12)15-10(7-8)16-4-2-11(13,14)3-5-16;1-3-8-4-6-9(10-2)7-5-8;1-4-2-5(7)9-6(8)3-4;6-5(7)1-3-8-4-2-5;/h6-7H,2-5H2,1H3;4-7H,3H2,1-2H3;2-3H,1H3;8H,1-4H2;1H. The number of methoxy groups -OCH3 is 1. The number of ether oxygens (including phenoxy) is 1. The molecule has 2 aromatic heterocycles. The van der Waals surface area contributed by atoms with E-state index >= 15 is 0 Å². The van der Waals surface area contributed by atoms with Gasteiger partial charge in [-0.25, -0.2) is 27.5 Å². The van der Waals surface area contributed by atoms with Gasteiger partial charge in [0.05, 0.1) is 7.11 Å². The summed E-state index contributed by atoms with van der Waals surface area (Å²) in [5.41, 5.74) is 3.37. The number of aromatic nitrogens is 2. The highest BCUT2D eigenvalue weighted by atomic mass is 35.5. The van der Waals surface area contributed by atoms with Crippen LogP contribution in [-0.4, -0.2) is 55.1 Å². The fourth-order valence-electron chi connectivity index (χ4n) is 4.07. The van der Waals surface area contributed by atoms with Crippen LogP contribution >= 0.6 is 47.2 Å². The second-order valence-corrected chi connectivity index (χ2v) is 11.4. The summed E-state index contributed by atoms with van der Waals surface area (Å²) < 4.78 is 55.3. The first-order valence-electron chi connectivity index (χ1n) is 14.0. The molecule has 44 heavy (non-hydrogen) atoms. The molecule has 2 aliphatic rings. The van der Waals surface area contributed by atoms with Gasteiger partial charge in [0, 0.05) is 51.9 Å². The quantitative estimate of drug-likeness (QED) is 0.218. The molecule has 2 fully saturated rings. The third-order valence-electron chi connectivity index (χ3n) is 6.55. The number of pyridine rings is 2. The lowest BCUT2D eigenvalue weighted by molar-refractivity contribution is -0.0274. The highest BCUT2D eigenvalue weighted by molar-refractivity contribution is 6.32. The number of nitrogens with zero attached hydrogens (tertiary/aromatic N) is 3. The zero-order chi connectivity index (χ0) is 32.0. The Bertz CT molecular complexity index is 1160. The van der Waals surface area contributed by atoms with Crippen molar-refractivity contribution < 1.29 is 22.3 Å². The number of halogens is 8. The molecule has 0 bridgehead atoms. The summed E-state index contributed by atoms with van der Waals surface area (Å²) in [6.45, 7) is 7.57. The predicted molar refractivity (Wildman–Crippen MR) is 176 cm³/mol. The molecule has 13 heteroatoms. The van der Waals surface area contributed by atoms with E-state index in [2.05, 4.69) is 34.3 Å². The van der Waals surface area contributed by atoms with Crippen LogP contribution in [-0.2, 0) is 6.42 Å². The fraction of sp³-hybridized carbons (Fsp3) is 0.484. The Kier molecular flexibility index (Phi) is 17.7. The van der Waals surface area contributed by atoms with E-state index in [9.17, 15) is 17.6 Å². The lowest BCUT2D eigenvalue weighted by Gasteiger charge is -2.32. The molecule has 0 amide bonds. The summed E-state index contributed by atoms with van der Waals surface area (Å²) in [5, 5.41) is 4.16. The molecule has 2 saturated heterocycles. The number of nitrogens with one attached hydrogen (secondary N) is 1. The van der Waals surface area contributed by atoms with E-state index in [0.717, 1.165) is 23.3 Å². The number of hydrogen-bond acceptors (Lipinski definition) is 5. The van der Waals surface area contributed by atoms with Crippen molar-refractivity contribution in [2.45, 2.75) is 64.7 Å². The van der Waals surface area contributed by atoms with E-state index < -0.39 is 11.8 Å². The van der Waals surface area contributed by atoms with Gasteiger partial charge in [-0.1, -0.05) is 53.9 Å². The van der Waals surface area contributed by atoms with E-state index in [1.165, 1.54) is 5.56 Å². The first kappa shape index (κ1) is 40.0. The molecule has 1 N–H and O–H groups in total. The van der Waals surface area contributed by atoms with E-state index in [1.54, 1.807) is 25.3 Å². The Balaban J connectivity index is 0.000000304. The third-order valence-corrected chi connectivity index (χ3v) is 7.13. The molecule has 0 atom stereocenters. The topological polar surface area (TPSA) is 50.3 Å². The molecule has 0 spiro atoms. The monoisotopic (exact) mass is 700 g/mol. The molecular weight excluding hydrogens is 662 g/mol. The molecule has 5 nitrogen and oxygen atoms in total. The van der Waals surface area contributed by atoms with Crippen molar-refractivity contribution >= 4 is 53.0 Å². The van der Waals surface area contributed by atoms with Crippen molar-refractivity contribution in [3.63, 3.8) is 0 Å². The summed E-state index contributed by atoms with van der Waals surface area (Å²) >= 11 is 16.9. The van der Waals surface area contributed by atoms with Crippen molar-refractivity contribution in [2.24, 2.45) is 0 Å². The third kappa shape index (κ3) is 15.8. The fourth-order valence-corrected chi connectivity index (χ4v) is 4.90. The number of rotatable bonds is 3. The zero-order valence-electron chi connectivity index (χ0n) is 25.3. The van der Waals surface area contributed by atoms with Crippen LogP contribution in [0.2, 0.25) is 15.5 Å². The molecule has 0 aliphatic carbocycles. The Labute approximate surface area is 279 Å². The molecule has 5 rings (SSSR count). The highest BCUT2D eigenvalue weighted by Crippen LogP contribution is 2.30. The molecule has 2 aliphatic heterocycles. The van der Waals surface area contributed by atoms with Gasteiger partial charge >= 0.3 is 0 Å². The van der Waals surface area contributed by atoms with E-state index in [1.807, 2.05) is 36.9 Å². The number of hydrogen-bond donors (Lipinski definition) is 1. The Hall–Kier alpha value is -2.04. The molecule has 246 valence electrons. The number of anilines is 1. The van der Waals surface area contributed by atoms with Crippen molar-refractivity contribution in [3.8, 4) is 5.75 Å². The van der Waals surface area contributed by atoms with Crippen molar-refractivity contribution in [2.75, 3.05) is 38.2 Å². The van der Waals surface area contributed by atoms with Crippen molar-refractivity contribution in [1.29, 1.82) is 0 Å². The maximum atomic E-state index is 13.0. The summed E-state index contributed by atoms with van der Waals surface area (Å²) in [5.74, 6) is -3.28. The molecule has 4 heterocycles. The minimum absolute atomic E-state index is 0. The minimum Gasteiger partial charge on any atom is -0.497 e. The van der Waals surface area contributed by atoms with Crippen LogP contribution < -0.4 is 15.0 Å². The molecule has 3 aromatic rings. The van der Waals surface area contributed by atoms with E-state index in [4.69, 9.17) is 39.5 Å². The lowest BCUT2D eigenvalue weighted by atomic mass is 10.1. The maximum absolute atomic E-state index is 13.0. The van der Waals surface area contributed by atoms with Crippen LogP contribution in [0.25, 0.3) is 0 Å². The molecular formula is C31H40Cl4F4N4O. The summed E-state index contributed by atoms with van der Waals surface area (Å²) in [4.78, 5) is 9.77. The van der Waals surface area contributed by atoms with Gasteiger partial charge in [-0.2, -0.15) is 0 Å². The molecule has 0 radical (unpaired) electrons. The average molecular weight is 702 g/mol. The maximum Gasteiger partial charge on any atom is 0.251 e. The van der Waals surface area contributed by atoms with E-state index in [-0.39, 0.29) is 38.1 Å². The SMILES string of the molecule is CCc1ccc(OC)cc1.Cc1cc(Cl)nc(Cl)c1.Cc1cc(Cl)nc(N2CCC(F)(F)CC2)c1.Cl.FC1(F)CCNCC1. The normalized spacial score (nSPS) is 16.4. The van der Waals surface area contributed by atoms with Gasteiger partial charge in [0.1, 0.15) is 27.0 Å². The van der Waals surface area contributed by atoms with E-state index in [0.29, 0.717) is 47.5 Å². The number of aryl methyl sites for hydroxylation is 3. The predicted octanol–water partition coefficient (Wildman–Crippen LogP) is 9.66. The van der Waals surface area contributed by atoms with Crippen LogP contribution in [0.4, 0.5) is 23.4 Å². The number of benzene rings is 1. The first-order valence-corrected chi connectivity index (χ1v) is 15.1. The second kappa shape index (κ2) is 19.5. The van der Waals surface area contributed by atoms with Crippen LogP contribution in [0.15, 0.2) is 48.5 Å². The summed E-state index contributed by atoms with van der Waals surface area (Å²) in [6.07, 6.45) is 0.879. The number of alkyl halides is 4. The summed E-state index contributed by atoms with van der Waals surface area (Å²) in [7, 11) is 1.68. The van der Waals surface area contributed by atoms with Crippen molar-refractivity contribution in [3.05, 3.63) is 80.7 Å². The zero-order valence-corrected chi connectivity index (χ0v) is 28.4. The first-order chi connectivity index (χ1) is 20.2. The lowest BCUT2D eigenvalue weighted by Crippen LogP contribution is -2.39. The van der Waals surface area contributed by atoms with Gasteiger partial charge in [-0.05, 0) is 73.4 Å². The second-order valence-electron chi connectivity index (χ2n) is 10.3. The van der Waals surface area contributed by atoms with Crippen LogP contribution in [0.3, 0.4) is 0 Å². The van der Waals surface area contributed by atoms with Gasteiger partial charge in [0.2, 0.25) is 0 Å². The van der Waals surface area contributed by atoms with Gasteiger partial charge in [-0.3, -0.25) is 0 Å². The Morgan fingerprint density at radius 2 is 1.23 bits per heavy atom.